The van der Waals surface area contributed by atoms with E-state index < -0.39 is 0 Å². The molecule has 0 aromatic rings. The summed E-state index contributed by atoms with van der Waals surface area (Å²) in [5, 5.41) is 2.40. The van der Waals surface area contributed by atoms with Gasteiger partial charge in [0, 0.05) is 6.04 Å². The predicted octanol–water partition coefficient (Wildman–Crippen LogP) is 1.45. The Hall–Kier alpha value is -0.480. The molecule has 1 rings (SSSR count). The van der Waals surface area contributed by atoms with E-state index in [0.717, 1.165) is 19.3 Å². The van der Waals surface area contributed by atoms with Gasteiger partial charge >= 0.3 is 0 Å². The maximum absolute atomic E-state index is 10.7. The summed E-state index contributed by atoms with van der Waals surface area (Å²) in [5.41, 5.74) is 5.90. The molecule has 0 saturated heterocycles. The van der Waals surface area contributed by atoms with Crippen LogP contribution in [0.1, 0.15) is 25.7 Å². The molecule has 0 spiro atoms. The fraction of sp³-hybridized carbons (Fsp3) is 0.667. The zero-order valence-corrected chi connectivity index (χ0v) is 8.47. The highest BCUT2D eigenvalue weighted by Crippen LogP contribution is 2.11. The molecule has 1 aliphatic carbocycles. The maximum Gasteiger partial charge on any atom is 0.276 e. The fourth-order valence-electron chi connectivity index (χ4n) is 1.51. The molecular formula is C9H16N2OS. The highest BCUT2D eigenvalue weighted by Gasteiger charge is 2.16. The first-order valence-electron chi connectivity index (χ1n) is 4.62. The van der Waals surface area contributed by atoms with E-state index in [-0.39, 0.29) is 17.3 Å². The zero-order valence-electron chi connectivity index (χ0n) is 7.57. The van der Waals surface area contributed by atoms with E-state index in [1.54, 1.807) is 0 Å². The number of carbonyl (C=O) groups is 1. The minimum atomic E-state index is -0.314. The average Bonchev–Trinajstić information content (AvgIpc) is 2.04. The number of nitrogens with one attached hydrogen (secondary N) is 1. The van der Waals surface area contributed by atoms with Crippen molar-refractivity contribution in [3.05, 3.63) is 12.2 Å². The van der Waals surface area contributed by atoms with Gasteiger partial charge < -0.3 is 11.1 Å². The van der Waals surface area contributed by atoms with Crippen LogP contribution in [0, 0.1) is 0 Å². The molecule has 3 nitrogen and oxygen atoms in total. The zero-order chi connectivity index (χ0) is 9.68. The van der Waals surface area contributed by atoms with Crippen LogP contribution in [0.15, 0.2) is 12.2 Å². The lowest BCUT2D eigenvalue weighted by Gasteiger charge is -2.22. The first-order chi connectivity index (χ1) is 6.20. The summed E-state index contributed by atoms with van der Waals surface area (Å²) in [6.07, 6.45) is 8.40. The smallest absolute Gasteiger partial charge is 0.276 e. The molecular weight excluding hydrogens is 184 g/mol. The Labute approximate surface area is 84.2 Å². The number of amides is 1. The van der Waals surface area contributed by atoms with E-state index in [4.69, 9.17) is 5.73 Å². The van der Waals surface area contributed by atoms with Gasteiger partial charge in [0.25, 0.3) is 5.24 Å². The molecule has 74 valence electrons. The molecule has 0 heterocycles. The predicted molar refractivity (Wildman–Crippen MR) is 56.9 cm³/mol. The summed E-state index contributed by atoms with van der Waals surface area (Å²) in [6.45, 7) is 0. The van der Waals surface area contributed by atoms with Crippen molar-refractivity contribution in [2.45, 2.75) is 37.8 Å². The van der Waals surface area contributed by atoms with Crippen molar-refractivity contribution in [2.75, 3.05) is 0 Å². The normalized spacial score (nSPS) is 29.1. The topological polar surface area (TPSA) is 55.1 Å². The van der Waals surface area contributed by atoms with Crippen molar-refractivity contribution in [2.24, 2.45) is 5.73 Å². The largest absolute Gasteiger partial charge is 0.339 e. The van der Waals surface area contributed by atoms with E-state index in [2.05, 4.69) is 24.0 Å². The molecule has 4 heteroatoms. The Bertz CT molecular complexity index is 206. The maximum atomic E-state index is 10.7. The van der Waals surface area contributed by atoms with Crippen LogP contribution in [0.25, 0.3) is 0 Å². The fourth-order valence-corrected chi connectivity index (χ4v) is 1.65. The molecule has 13 heavy (non-hydrogen) atoms. The molecule has 0 aliphatic heterocycles. The Morgan fingerprint density at radius 1 is 1.54 bits per heavy atom. The van der Waals surface area contributed by atoms with Gasteiger partial charge in [-0.25, -0.2) is 0 Å². The lowest BCUT2D eigenvalue weighted by atomic mass is 9.98. The molecule has 1 aliphatic rings. The second-order valence-electron chi connectivity index (χ2n) is 3.35. The van der Waals surface area contributed by atoms with Crippen molar-refractivity contribution in [3.63, 3.8) is 0 Å². The molecule has 3 N–H and O–H groups in total. The van der Waals surface area contributed by atoms with Crippen molar-refractivity contribution >= 4 is 17.9 Å². The summed E-state index contributed by atoms with van der Waals surface area (Å²) in [7, 11) is 0. The van der Waals surface area contributed by atoms with Crippen molar-refractivity contribution in [1.29, 1.82) is 0 Å². The molecule has 0 fully saturated rings. The number of thiol groups is 1. The van der Waals surface area contributed by atoms with Gasteiger partial charge in [0.1, 0.15) is 0 Å². The SMILES string of the molecule is NC1CCCCC=CC1NC(=O)S. The summed E-state index contributed by atoms with van der Waals surface area (Å²) >= 11 is 3.67. The molecule has 2 atom stereocenters. The van der Waals surface area contributed by atoms with Crippen molar-refractivity contribution in [3.8, 4) is 0 Å². The van der Waals surface area contributed by atoms with Crippen LogP contribution >= 0.6 is 12.6 Å². The Morgan fingerprint density at radius 2 is 2.31 bits per heavy atom. The van der Waals surface area contributed by atoms with Gasteiger partial charge in [0.2, 0.25) is 0 Å². The molecule has 1 amide bonds. The second-order valence-corrected chi connectivity index (χ2v) is 3.76. The van der Waals surface area contributed by atoms with Gasteiger partial charge in [-0.15, -0.1) is 0 Å². The van der Waals surface area contributed by atoms with Crippen molar-refractivity contribution in [1.82, 2.24) is 5.32 Å². The number of hydrogen-bond donors (Lipinski definition) is 3. The highest BCUT2D eigenvalue weighted by molar-refractivity contribution is 7.96. The number of carbonyl (C=O) groups excluding carboxylic acids is 1. The van der Waals surface area contributed by atoms with Crippen LogP contribution in [-0.2, 0) is 0 Å². The first kappa shape index (κ1) is 10.6. The van der Waals surface area contributed by atoms with Crippen molar-refractivity contribution < 1.29 is 4.79 Å². The lowest BCUT2D eigenvalue weighted by molar-refractivity contribution is 0.257. The summed E-state index contributed by atoms with van der Waals surface area (Å²) in [6, 6.07) is -0.0297. The van der Waals surface area contributed by atoms with Gasteiger partial charge in [-0.3, -0.25) is 4.79 Å². The summed E-state index contributed by atoms with van der Waals surface area (Å²) in [5.74, 6) is 0. The monoisotopic (exact) mass is 200 g/mol. The third-order valence-corrected chi connectivity index (χ3v) is 2.38. The summed E-state index contributed by atoms with van der Waals surface area (Å²) < 4.78 is 0. The van der Waals surface area contributed by atoms with Crippen LogP contribution < -0.4 is 11.1 Å². The number of rotatable bonds is 1. The van der Waals surface area contributed by atoms with Gasteiger partial charge in [-0.05, 0) is 19.3 Å². The Morgan fingerprint density at radius 3 is 3.00 bits per heavy atom. The van der Waals surface area contributed by atoms with E-state index >= 15 is 0 Å². The van der Waals surface area contributed by atoms with Crippen LogP contribution in [-0.4, -0.2) is 17.3 Å². The van der Waals surface area contributed by atoms with Crippen LogP contribution in [0.3, 0.4) is 0 Å². The molecule has 0 saturated carbocycles. The Kier molecular flexibility index (Phi) is 4.32. The minimum absolute atomic E-state index is 0.0210. The van der Waals surface area contributed by atoms with Gasteiger partial charge in [0.15, 0.2) is 0 Å². The van der Waals surface area contributed by atoms with E-state index in [1.165, 1.54) is 6.42 Å². The van der Waals surface area contributed by atoms with Gasteiger partial charge in [-0.2, -0.15) is 0 Å². The van der Waals surface area contributed by atoms with E-state index in [1.807, 2.05) is 6.08 Å². The van der Waals surface area contributed by atoms with Gasteiger partial charge in [-0.1, -0.05) is 31.2 Å². The summed E-state index contributed by atoms with van der Waals surface area (Å²) in [4.78, 5) is 10.7. The molecule has 0 aromatic heterocycles. The Balaban J connectivity index is 2.54. The lowest BCUT2D eigenvalue weighted by Crippen LogP contribution is -2.45. The highest BCUT2D eigenvalue weighted by atomic mass is 32.1. The molecule has 0 radical (unpaired) electrons. The number of hydrogen-bond acceptors (Lipinski definition) is 2. The first-order valence-corrected chi connectivity index (χ1v) is 5.06. The standard InChI is InChI=1S/C9H16N2OS/c10-7-5-3-1-2-4-6-8(7)11-9(12)13/h4,6-8H,1-3,5,10H2,(H2,11,12,13). The van der Waals surface area contributed by atoms with Crippen LogP contribution in [0.2, 0.25) is 0 Å². The molecule has 0 bridgehead atoms. The van der Waals surface area contributed by atoms with Crippen LogP contribution in [0.5, 0.6) is 0 Å². The van der Waals surface area contributed by atoms with E-state index in [9.17, 15) is 4.79 Å². The molecule has 2 unspecified atom stereocenters. The minimum Gasteiger partial charge on any atom is -0.339 e. The third kappa shape index (κ3) is 3.83. The molecule has 0 aromatic carbocycles. The third-order valence-electron chi connectivity index (χ3n) is 2.25. The van der Waals surface area contributed by atoms with E-state index in [0.29, 0.717) is 0 Å². The number of allylic oxidation sites excluding steroid dienone is 1. The second kappa shape index (κ2) is 5.29. The van der Waals surface area contributed by atoms with Crippen LogP contribution in [0.4, 0.5) is 4.79 Å². The quantitative estimate of drug-likeness (QED) is 0.443. The number of nitrogens with two attached hydrogens (primary N) is 1. The van der Waals surface area contributed by atoms with Gasteiger partial charge in [0.05, 0.1) is 6.04 Å². The average molecular weight is 200 g/mol.